The average Bonchev–Trinajstić information content (AvgIpc) is 3.20. The minimum absolute atomic E-state index is 0.556. The lowest BCUT2D eigenvalue weighted by atomic mass is 9.86. The zero-order valence-corrected chi connectivity index (χ0v) is 21.9. The van der Waals surface area contributed by atoms with Gasteiger partial charge in [0, 0.05) is 14.5 Å². The number of fused-ring (bicyclic) bond motifs is 4. The zero-order valence-electron chi connectivity index (χ0n) is 17.8. The van der Waals surface area contributed by atoms with Crippen LogP contribution >= 0.6 is 31.9 Å². The van der Waals surface area contributed by atoms with Crippen LogP contribution in [-0.4, -0.2) is 8.07 Å². The van der Waals surface area contributed by atoms with Gasteiger partial charge in [-0.15, -0.1) is 0 Å². The van der Waals surface area contributed by atoms with Gasteiger partial charge in [0.25, 0.3) is 0 Å². The van der Waals surface area contributed by atoms with Crippen LogP contribution in [0, 0.1) is 0 Å². The molecule has 0 nitrogen and oxygen atoms in total. The largest absolute Gasteiger partial charge is 0.0930 e. The Labute approximate surface area is 192 Å². The van der Waals surface area contributed by atoms with E-state index in [0.717, 1.165) is 6.42 Å². The van der Waals surface area contributed by atoms with Gasteiger partial charge in [0.15, 0.2) is 0 Å². The highest BCUT2D eigenvalue weighted by atomic mass is 79.9. The molecule has 2 aromatic rings. The van der Waals surface area contributed by atoms with Crippen molar-refractivity contribution >= 4 is 51.2 Å². The summed E-state index contributed by atoms with van der Waals surface area (Å²) in [5.74, 6) is 0. The third-order valence-corrected chi connectivity index (χ3v) is 13.0. The van der Waals surface area contributed by atoms with Crippen molar-refractivity contribution in [3.8, 4) is 0 Å². The molecule has 0 saturated heterocycles. The molecule has 0 fully saturated rings. The van der Waals surface area contributed by atoms with E-state index in [9.17, 15) is 0 Å². The minimum atomic E-state index is -1.79. The van der Waals surface area contributed by atoms with E-state index in [1.165, 1.54) is 51.3 Å². The number of benzene rings is 2. The van der Waals surface area contributed by atoms with Gasteiger partial charge in [-0.3, -0.25) is 0 Å². The first-order valence-electron chi connectivity index (χ1n) is 10.8. The van der Waals surface area contributed by atoms with Crippen LogP contribution in [0.15, 0.2) is 44.4 Å². The molecule has 0 radical (unpaired) electrons. The summed E-state index contributed by atoms with van der Waals surface area (Å²) in [6.45, 7) is 9.96. The minimum Gasteiger partial charge on any atom is -0.0690 e. The molecule has 1 unspecified atom stereocenters. The van der Waals surface area contributed by atoms with Crippen LogP contribution in [0.2, 0.25) is 13.1 Å². The van der Waals surface area contributed by atoms with E-state index in [1.807, 2.05) is 0 Å². The zero-order chi connectivity index (χ0) is 20.5. The Bertz CT molecular complexity index is 1100. The van der Waals surface area contributed by atoms with Gasteiger partial charge in [-0.2, -0.15) is 0 Å². The molecule has 29 heavy (non-hydrogen) atoms. The van der Waals surface area contributed by atoms with E-state index in [4.69, 9.17) is 0 Å². The Morgan fingerprint density at radius 2 is 1.66 bits per heavy atom. The molecule has 0 aromatic heterocycles. The van der Waals surface area contributed by atoms with E-state index >= 15 is 0 Å². The van der Waals surface area contributed by atoms with Gasteiger partial charge < -0.3 is 0 Å². The summed E-state index contributed by atoms with van der Waals surface area (Å²) in [5.41, 5.74) is 13.1. The highest BCUT2D eigenvalue weighted by Gasteiger charge is 2.44. The average molecular weight is 528 g/mol. The van der Waals surface area contributed by atoms with Crippen LogP contribution < -0.4 is 0 Å². The molecule has 3 aliphatic rings. The van der Waals surface area contributed by atoms with Crippen LogP contribution in [0.3, 0.4) is 0 Å². The Morgan fingerprint density at radius 1 is 0.931 bits per heavy atom. The molecule has 2 aromatic carbocycles. The number of hydrogen-bond donors (Lipinski definition) is 0. The van der Waals surface area contributed by atoms with Gasteiger partial charge in [-0.25, -0.2) is 0 Å². The first kappa shape index (κ1) is 20.0. The summed E-state index contributed by atoms with van der Waals surface area (Å²) in [6, 6.07) is 9.24. The Morgan fingerprint density at radius 3 is 2.41 bits per heavy atom. The van der Waals surface area contributed by atoms with Crippen molar-refractivity contribution in [3.05, 3.63) is 77.7 Å². The maximum Gasteiger partial charge on any atom is 0.0930 e. The van der Waals surface area contributed by atoms with Crippen molar-refractivity contribution in [1.82, 2.24) is 0 Å². The molecule has 1 atom stereocenters. The maximum absolute atomic E-state index is 3.96. The van der Waals surface area contributed by atoms with Crippen molar-refractivity contribution in [2.24, 2.45) is 0 Å². The molecule has 0 saturated carbocycles. The second-order valence-electron chi connectivity index (χ2n) is 9.67. The van der Waals surface area contributed by atoms with Crippen LogP contribution in [-0.2, 0) is 19.3 Å². The summed E-state index contributed by atoms with van der Waals surface area (Å²) in [7, 11) is -1.79. The molecule has 5 rings (SSSR count). The number of halogens is 2. The topological polar surface area (TPSA) is 0 Å². The molecule has 0 heterocycles. The summed E-state index contributed by atoms with van der Waals surface area (Å²) in [4.78, 5) is 0. The fourth-order valence-electron chi connectivity index (χ4n) is 6.49. The standard InChI is InChI=1S/C26H28Br2Si/c1-15-12-20-17-8-5-6-9-18(17)24(28)14-22(20)26(15)29(3,4)25-16(2)13-21-19(25)10-7-11-23(21)27/h7,10-11,13-14,25H,5-6,8-9,12H2,1-4H3. The molecular weight excluding hydrogens is 500 g/mol. The predicted octanol–water partition coefficient (Wildman–Crippen LogP) is 8.41. The maximum atomic E-state index is 3.96. The molecular formula is C26H28Br2Si. The summed E-state index contributed by atoms with van der Waals surface area (Å²) < 4.78 is 2.58. The summed E-state index contributed by atoms with van der Waals surface area (Å²) in [6.07, 6.45) is 8.77. The van der Waals surface area contributed by atoms with Gasteiger partial charge in [0.2, 0.25) is 0 Å². The molecule has 0 bridgehead atoms. The number of rotatable bonds is 2. The van der Waals surface area contributed by atoms with Crippen LogP contribution in [0.4, 0.5) is 0 Å². The Kier molecular flexibility index (Phi) is 4.88. The fraction of sp³-hybridized carbons (Fsp3) is 0.385. The lowest BCUT2D eigenvalue weighted by Gasteiger charge is -2.35. The summed E-state index contributed by atoms with van der Waals surface area (Å²) in [5, 5.41) is 1.71. The van der Waals surface area contributed by atoms with Gasteiger partial charge in [-0.1, -0.05) is 79.5 Å². The monoisotopic (exact) mass is 526 g/mol. The third kappa shape index (κ3) is 2.95. The molecule has 0 amide bonds. The molecule has 3 aliphatic carbocycles. The Balaban J connectivity index is 1.67. The van der Waals surface area contributed by atoms with Crippen molar-refractivity contribution in [2.75, 3.05) is 0 Å². The van der Waals surface area contributed by atoms with Crippen molar-refractivity contribution < 1.29 is 0 Å². The van der Waals surface area contributed by atoms with Gasteiger partial charge in [-0.05, 0) is 91.5 Å². The van der Waals surface area contributed by atoms with E-state index < -0.39 is 8.07 Å². The first-order valence-corrected chi connectivity index (χ1v) is 15.5. The highest BCUT2D eigenvalue weighted by Crippen LogP contribution is 2.52. The summed E-state index contributed by atoms with van der Waals surface area (Å²) >= 11 is 7.75. The smallest absolute Gasteiger partial charge is 0.0690 e. The molecule has 0 aliphatic heterocycles. The van der Waals surface area contributed by atoms with E-state index in [1.54, 1.807) is 33.0 Å². The van der Waals surface area contributed by atoms with Gasteiger partial charge in [0.05, 0.1) is 8.07 Å². The van der Waals surface area contributed by atoms with E-state index in [-0.39, 0.29) is 0 Å². The normalized spacial score (nSPS) is 20.5. The van der Waals surface area contributed by atoms with E-state index in [0.29, 0.717) is 5.54 Å². The number of hydrogen-bond acceptors (Lipinski definition) is 0. The van der Waals surface area contributed by atoms with Crippen LogP contribution in [0.25, 0.3) is 11.3 Å². The van der Waals surface area contributed by atoms with Crippen LogP contribution in [0.5, 0.6) is 0 Å². The SMILES string of the molecule is CC1=Cc2c(Br)cccc2C1[Si](C)(C)C1=C(C)Cc2c1cc(Br)c1c2CCCC1. The quantitative estimate of drug-likeness (QED) is 0.344. The fourth-order valence-corrected chi connectivity index (χ4v) is 12.3. The Hall–Kier alpha value is -0.903. The molecule has 0 N–H and O–H groups in total. The molecule has 0 spiro atoms. The molecule has 3 heteroatoms. The second-order valence-corrected chi connectivity index (χ2v) is 15.9. The third-order valence-electron chi connectivity index (χ3n) is 7.45. The predicted molar refractivity (Wildman–Crippen MR) is 135 cm³/mol. The number of allylic oxidation sites excluding steroid dienone is 2. The van der Waals surface area contributed by atoms with Crippen LogP contribution in [0.1, 0.15) is 65.6 Å². The van der Waals surface area contributed by atoms with Crippen molar-refractivity contribution in [3.63, 3.8) is 0 Å². The lowest BCUT2D eigenvalue weighted by Crippen LogP contribution is -2.37. The first-order chi connectivity index (χ1) is 13.8. The van der Waals surface area contributed by atoms with Crippen molar-refractivity contribution in [2.45, 2.75) is 64.6 Å². The highest BCUT2D eigenvalue weighted by molar-refractivity contribution is 9.10. The molecule has 150 valence electrons. The van der Waals surface area contributed by atoms with Gasteiger partial charge in [0.1, 0.15) is 0 Å². The second kappa shape index (κ2) is 7.07. The van der Waals surface area contributed by atoms with E-state index in [2.05, 4.69) is 89.1 Å². The lowest BCUT2D eigenvalue weighted by molar-refractivity contribution is 0.677. The van der Waals surface area contributed by atoms with Gasteiger partial charge >= 0.3 is 0 Å². The van der Waals surface area contributed by atoms with Crippen molar-refractivity contribution in [1.29, 1.82) is 0 Å².